The summed E-state index contributed by atoms with van der Waals surface area (Å²) in [6.07, 6.45) is 0.505. The van der Waals surface area contributed by atoms with Crippen LogP contribution < -0.4 is 5.32 Å². The molecule has 2 atom stereocenters. The summed E-state index contributed by atoms with van der Waals surface area (Å²) in [4.78, 5) is 32.7. The highest BCUT2D eigenvalue weighted by molar-refractivity contribution is 5.89. The van der Waals surface area contributed by atoms with Gasteiger partial charge in [0.15, 0.2) is 0 Å². The number of carbonyl (C=O) groups is 3. The maximum absolute atomic E-state index is 11.3. The number of carbonyl (C=O) groups excluding carboxylic acids is 2. The zero-order chi connectivity index (χ0) is 12.1. The van der Waals surface area contributed by atoms with Crippen molar-refractivity contribution in [3.63, 3.8) is 0 Å². The molecule has 0 aromatic carbocycles. The Morgan fingerprint density at radius 1 is 1.38 bits per heavy atom. The van der Waals surface area contributed by atoms with Crippen molar-refractivity contribution >= 4 is 17.8 Å². The van der Waals surface area contributed by atoms with Crippen LogP contribution in [0.25, 0.3) is 0 Å². The second-order valence-corrected chi connectivity index (χ2v) is 3.63. The number of carboxylic acids is 1. The van der Waals surface area contributed by atoms with E-state index in [1.54, 1.807) is 6.92 Å². The van der Waals surface area contributed by atoms with Crippen LogP contribution >= 0.6 is 0 Å². The van der Waals surface area contributed by atoms with E-state index in [9.17, 15) is 14.4 Å². The number of ether oxygens (including phenoxy) is 1. The van der Waals surface area contributed by atoms with Gasteiger partial charge in [-0.2, -0.15) is 0 Å². The van der Waals surface area contributed by atoms with Crippen LogP contribution in [0.15, 0.2) is 0 Å². The summed E-state index contributed by atoms with van der Waals surface area (Å²) < 4.78 is 4.67. The highest BCUT2D eigenvalue weighted by Gasteiger charge is 2.48. The molecule has 1 aliphatic carbocycles. The SMILES string of the molecule is CCOC(=O)CCNC(=O)[C@@H]1C[C@@H]1C(=O)O. The number of carboxylic acid groups (broad SMARTS) is 1. The van der Waals surface area contributed by atoms with E-state index in [1.165, 1.54) is 0 Å². The van der Waals surface area contributed by atoms with E-state index in [4.69, 9.17) is 5.11 Å². The smallest absolute Gasteiger partial charge is 0.307 e. The number of amides is 1. The van der Waals surface area contributed by atoms with Crippen LogP contribution in [-0.2, 0) is 19.1 Å². The summed E-state index contributed by atoms with van der Waals surface area (Å²) in [5.41, 5.74) is 0. The molecule has 1 rings (SSSR count). The molecule has 0 spiro atoms. The first-order valence-electron chi connectivity index (χ1n) is 5.22. The predicted octanol–water partition coefficient (Wildman–Crippen LogP) is -0.223. The maximum atomic E-state index is 11.3. The molecule has 0 bridgehead atoms. The molecule has 1 saturated carbocycles. The maximum Gasteiger partial charge on any atom is 0.307 e. The number of esters is 1. The summed E-state index contributed by atoms with van der Waals surface area (Å²) in [5, 5.41) is 11.1. The van der Waals surface area contributed by atoms with E-state index in [0.717, 1.165) is 0 Å². The quantitative estimate of drug-likeness (QED) is 0.614. The minimum atomic E-state index is -0.939. The van der Waals surface area contributed by atoms with Gasteiger partial charge < -0.3 is 15.2 Å². The zero-order valence-corrected chi connectivity index (χ0v) is 9.06. The van der Waals surface area contributed by atoms with Crippen LogP contribution in [0, 0.1) is 11.8 Å². The lowest BCUT2D eigenvalue weighted by Crippen LogP contribution is -2.29. The fourth-order valence-electron chi connectivity index (χ4n) is 1.41. The molecule has 6 nitrogen and oxygen atoms in total. The average molecular weight is 229 g/mol. The Kier molecular flexibility index (Phi) is 4.28. The zero-order valence-electron chi connectivity index (χ0n) is 9.06. The molecule has 0 aromatic heterocycles. The minimum absolute atomic E-state index is 0.115. The highest BCUT2D eigenvalue weighted by atomic mass is 16.5. The molecular weight excluding hydrogens is 214 g/mol. The third kappa shape index (κ3) is 3.52. The molecule has 1 amide bonds. The second kappa shape index (κ2) is 5.48. The van der Waals surface area contributed by atoms with Gasteiger partial charge in [0.2, 0.25) is 5.91 Å². The summed E-state index contributed by atoms with van der Waals surface area (Å²) in [6, 6.07) is 0. The lowest BCUT2D eigenvalue weighted by Gasteiger charge is -2.04. The Hall–Kier alpha value is -1.59. The van der Waals surface area contributed by atoms with Crippen molar-refractivity contribution in [2.45, 2.75) is 19.8 Å². The third-order valence-corrected chi connectivity index (χ3v) is 2.38. The van der Waals surface area contributed by atoms with Crippen LogP contribution in [0.2, 0.25) is 0 Å². The van der Waals surface area contributed by atoms with Gasteiger partial charge >= 0.3 is 11.9 Å². The first kappa shape index (κ1) is 12.5. The number of hydrogen-bond acceptors (Lipinski definition) is 4. The van der Waals surface area contributed by atoms with Crippen molar-refractivity contribution in [2.75, 3.05) is 13.2 Å². The number of rotatable bonds is 6. The fraction of sp³-hybridized carbons (Fsp3) is 0.700. The Balaban J connectivity index is 2.13. The summed E-state index contributed by atoms with van der Waals surface area (Å²) >= 11 is 0. The first-order valence-corrected chi connectivity index (χ1v) is 5.22. The minimum Gasteiger partial charge on any atom is -0.481 e. The van der Waals surface area contributed by atoms with Crippen molar-refractivity contribution in [2.24, 2.45) is 11.8 Å². The van der Waals surface area contributed by atoms with Gasteiger partial charge in [0.1, 0.15) is 0 Å². The molecule has 90 valence electrons. The molecule has 2 N–H and O–H groups in total. The molecule has 0 radical (unpaired) electrons. The van der Waals surface area contributed by atoms with E-state index in [0.29, 0.717) is 13.0 Å². The van der Waals surface area contributed by atoms with E-state index < -0.39 is 17.8 Å². The molecule has 1 aliphatic rings. The molecular formula is C10H15NO5. The molecule has 0 unspecified atom stereocenters. The molecule has 16 heavy (non-hydrogen) atoms. The van der Waals surface area contributed by atoms with Crippen molar-refractivity contribution in [3.8, 4) is 0 Å². The van der Waals surface area contributed by atoms with Gasteiger partial charge in [0.05, 0.1) is 24.9 Å². The van der Waals surface area contributed by atoms with Crippen LogP contribution in [0.3, 0.4) is 0 Å². The van der Waals surface area contributed by atoms with Gasteiger partial charge in [-0.3, -0.25) is 14.4 Å². The van der Waals surface area contributed by atoms with E-state index in [2.05, 4.69) is 10.1 Å². The van der Waals surface area contributed by atoms with Gasteiger partial charge in [-0.1, -0.05) is 0 Å². The summed E-state index contributed by atoms with van der Waals surface area (Å²) in [5.74, 6) is -2.59. The Labute approximate surface area is 93.0 Å². The normalized spacial score (nSPS) is 22.3. The predicted molar refractivity (Wildman–Crippen MR) is 53.5 cm³/mol. The van der Waals surface area contributed by atoms with E-state index in [-0.39, 0.29) is 24.8 Å². The van der Waals surface area contributed by atoms with Gasteiger partial charge in [0, 0.05) is 6.54 Å². The molecule has 0 heterocycles. The van der Waals surface area contributed by atoms with Gasteiger partial charge in [0.25, 0.3) is 0 Å². The van der Waals surface area contributed by atoms with Crippen molar-refractivity contribution in [1.29, 1.82) is 0 Å². The topological polar surface area (TPSA) is 92.7 Å². The van der Waals surface area contributed by atoms with Crippen molar-refractivity contribution < 1.29 is 24.2 Å². The average Bonchev–Trinajstić information content (AvgIpc) is 2.97. The van der Waals surface area contributed by atoms with Gasteiger partial charge in [-0.05, 0) is 13.3 Å². The largest absolute Gasteiger partial charge is 0.481 e. The number of hydrogen-bond donors (Lipinski definition) is 2. The van der Waals surface area contributed by atoms with Crippen LogP contribution in [0.4, 0.5) is 0 Å². The van der Waals surface area contributed by atoms with Gasteiger partial charge in [-0.25, -0.2) is 0 Å². The lowest BCUT2D eigenvalue weighted by molar-refractivity contribution is -0.143. The molecule has 6 heteroatoms. The standard InChI is InChI=1S/C10H15NO5/c1-2-16-8(12)3-4-11-9(13)6-5-7(6)10(14)15/h6-7H,2-5H2,1H3,(H,11,13)(H,14,15)/t6-,7+/m1/s1. The first-order chi connectivity index (χ1) is 7.56. The number of aliphatic carboxylic acids is 1. The Bertz CT molecular complexity index is 302. The van der Waals surface area contributed by atoms with Gasteiger partial charge in [-0.15, -0.1) is 0 Å². The van der Waals surface area contributed by atoms with Crippen molar-refractivity contribution in [3.05, 3.63) is 0 Å². The van der Waals surface area contributed by atoms with Crippen LogP contribution in [0.5, 0.6) is 0 Å². The Morgan fingerprint density at radius 3 is 2.56 bits per heavy atom. The molecule has 0 aromatic rings. The van der Waals surface area contributed by atoms with Crippen LogP contribution in [-0.4, -0.2) is 36.1 Å². The fourth-order valence-corrected chi connectivity index (χ4v) is 1.41. The molecule has 0 aliphatic heterocycles. The monoisotopic (exact) mass is 229 g/mol. The third-order valence-electron chi connectivity index (χ3n) is 2.38. The summed E-state index contributed by atoms with van der Waals surface area (Å²) in [6.45, 7) is 2.22. The summed E-state index contributed by atoms with van der Waals surface area (Å²) in [7, 11) is 0. The van der Waals surface area contributed by atoms with Crippen LogP contribution in [0.1, 0.15) is 19.8 Å². The molecule has 1 fully saturated rings. The van der Waals surface area contributed by atoms with E-state index in [1.807, 2.05) is 0 Å². The lowest BCUT2D eigenvalue weighted by atomic mass is 10.3. The van der Waals surface area contributed by atoms with E-state index >= 15 is 0 Å². The second-order valence-electron chi connectivity index (χ2n) is 3.63. The highest BCUT2D eigenvalue weighted by Crippen LogP contribution is 2.38. The molecule has 0 saturated heterocycles. The van der Waals surface area contributed by atoms with Crippen molar-refractivity contribution in [1.82, 2.24) is 5.32 Å². The number of nitrogens with one attached hydrogen (secondary N) is 1. The Morgan fingerprint density at radius 2 is 2.06 bits per heavy atom.